The molecule has 2 saturated carbocycles. The van der Waals surface area contributed by atoms with Crippen molar-refractivity contribution in [1.82, 2.24) is 0 Å². The fourth-order valence-corrected chi connectivity index (χ4v) is 4.26. The van der Waals surface area contributed by atoms with Crippen molar-refractivity contribution in [1.29, 1.82) is 0 Å². The second-order valence-electron chi connectivity index (χ2n) is 5.50. The number of hydrogen-bond acceptors (Lipinski definition) is 2. The Balaban J connectivity index is 1.82. The first-order chi connectivity index (χ1) is 7.20. The fourth-order valence-electron chi connectivity index (χ4n) is 4.26. The molecule has 0 aromatic heterocycles. The molecule has 2 bridgehead atoms. The average molecular weight is 206 g/mol. The van der Waals surface area contributed by atoms with Crippen molar-refractivity contribution in [3.63, 3.8) is 0 Å². The van der Waals surface area contributed by atoms with E-state index in [2.05, 4.69) is 13.0 Å². The summed E-state index contributed by atoms with van der Waals surface area (Å²) in [5, 5.41) is 0. The number of allylic oxidation sites excluding steroid dienone is 1. The highest BCUT2D eigenvalue weighted by molar-refractivity contribution is 5.89. The van der Waals surface area contributed by atoms with Crippen LogP contribution in [0.3, 0.4) is 0 Å². The summed E-state index contributed by atoms with van der Waals surface area (Å²) < 4.78 is 4.81. The van der Waals surface area contributed by atoms with Gasteiger partial charge >= 0.3 is 5.97 Å². The van der Waals surface area contributed by atoms with Crippen molar-refractivity contribution in [2.75, 3.05) is 7.11 Å². The lowest BCUT2D eigenvalue weighted by Crippen LogP contribution is -2.22. The number of hydrogen-bond donors (Lipinski definition) is 0. The van der Waals surface area contributed by atoms with Crippen LogP contribution in [0.15, 0.2) is 11.6 Å². The van der Waals surface area contributed by atoms with Gasteiger partial charge in [0.15, 0.2) is 0 Å². The van der Waals surface area contributed by atoms with Crippen molar-refractivity contribution >= 4 is 5.97 Å². The first-order valence-corrected chi connectivity index (χ1v) is 5.99. The quantitative estimate of drug-likeness (QED) is 0.616. The largest absolute Gasteiger partial charge is 0.466 e. The van der Waals surface area contributed by atoms with E-state index in [0.717, 1.165) is 35.7 Å². The summed E-state index contributed by atoms with van der Waals surface area (Å²) in [6.07, 6.45) is 5.97. The maximum Gasteiger partial charge on any atom is 0.333 e. The molecule has 0 spiro atoms. The molecule has 3 aliphatic carbocycles. The van der Waals surface area contributed by atoms with Gasteiger partial charge in [-0.2, -0.15) is 0 Å². The molecule has 0 aromatic rings. The zero-order valence-corrected chi connectivity index (χ0v) is 9.40. The highest BCUT2D eigenvalue weighted by atomic mass is 16.5. The Labute approximate surface area is 90.7 Å². The molecule has 5 atom stereocenters. The fraction of sp³-hybridized carbons (Fsp3) is 0.769. The van der Waals surface area contributed by atoms with E-state index < -0.39 is 0 Å². The van der Waals surface area contributed by atoms with E-state index in [9.17, 15) is 4.79 Å². The van der Waals surface area contributed by atoms with Crippen LogP contribution in [0.1, 0.15) is 26.2 Å². The molecule has 3 aliphatic rings. The first-order valence-electron chi connectivity index (χ1n) is 5.99. The van der Waals surface area contributed by atoms with Gasteiger partial charge in [-0.05, 0) is 48.9 Å². The van der Waals surface area contributed by atoms with Crippen LogP contribution in [-0.2, 0) is 9.53 Å². The maximum atomic E-state index is 11.5. The van der Waals surface area contributed by atoms with E-state index in [1.165, 1.54) is 20.0 Å². The molecule has 3 rings (SSSR count). The number of methoxy groups -OCH3 is 1. The van der Waals surface area contributed by atoms with Crippen molar-refractivity contribution in [2.45, 2.75) is 26.2 Å². The minimum atomic E-state index is -0.101. The Hall–Kier alpha value is -0.790. The lowest BCUT2D eigenvalue weighted by Gasteiger charge is -2.28. The Morgan fingerprint density at radius 1 is 1.40 bits per heavy atom. The van der Waals surface area contributed by atoms with Gasteiger partial charge in [-0.3, -0.25) is 0 Å². The minimum absolute atomic E-state index is 0.101. The number of rotatable bonds is 1. The zero-order chi connectivity index (χ0) is 10.6. The Morgan fingerprint density at radius 3 is 2.93 bits per heavy atom. The molecule has 4 unspecified atom stereocenters. The van der Waals surface area contributed by atoms with Crippen LogP contribution in [0.25, 0.3) is 0 Å². The number of ether oxygens (including phenoxy) is 1. The molecule has 82 valence electrons. The smallest absolute Gasteiger partial charge is 0.333 e. The van der Waals surface area contributed by atoms with E-state index in [1.807, 2.05) is 0 Å². The van der Waals surface area contributed by atoms with Gasteiger partial charge in [-0.25, -0.2) is 4.79 Å². The lowest BCUT2D eigenvalue weighted by atomic mass is 9.76. The van der Waals surface area contributed by atoms with E-state index in [1.54, 1.807) is 0 Å². The van der Waals surface area contributed by atoms with Crippen molar-refractivity contribution < 1.29 is 9.53 Å². The van der Waals surface area contributed by atoms with Crippen molar-refractivity contribution in [3.05, 3.63) is 11.6 Å². The summed E-state index contributed by atoms with van der Waals surface area (Å²) in [6, 6.07) is 0. The summed E-state index contributed by atoms with van der Waals surface area (Å²) in [5.74, 6) is 3.96. The maximum absolute atomic E-state index is 11.5. The molecular formula is C13H18O2. The first kappa shape index (κ1) is 9.44. The molecule has 2 heteroatoms. The molecule has 0 heterocycles. The van der Waals surface area contributed by atoms with E-state index in [-0.39, 0.29) is 5.97 Å². The monoisotopic (exact) mass is 206 g/mol. The van der Waals surface area contributed by atoms with Gasteiger partial charge in [-0.15, -0.1) is 0 Å². The summed E-state index contributed by atoms with van der Waals surface area (Å²) in [7, 11) is 1.48. The van der Waals surface area contributed by atoms with Gasteiger partial charge in [0.05, 0.1) is 7.11 Å². The number of esters is 1. The molecule has 0 saturated heterocycles. The Morgan fingerprint density at radius 2 is 2.20 bits per heavy atom. The third kappa shape index (κ3) is 1.20. The van der Waals surface area contributed by atoms with E-state index >= 15 is 0 Å². The summed E-state index contributed by atoms with van der Waals surface area (Å²) >= 11 is 0. The van der Waals surface area contributed by atoms with Crippen LogP contribution in [0.5, 0.6) is 0 Å². The third-order valence-corrected chi connectivity index (χ3v) is 4.87. The third-order valence-electron chi connectivity index (χ3n) is 4.87. The van der Waals surface area contributed by atoms with Gasteiger partial charge in [0.2, 0.25) is 0 Å². The molecular weight excluding hydrogens is 188 g/mol. The predicted octanol–water partition coefficient (Wildman–Crippen LogP) is 2.40. The van der Waals surface area contributed by atoms with Crippen LogP contribution >= 0.6 is 0 Å². The topological polar surface area (TPSA) is 26.3 Å². The van der Waals surface area contributed by atoms with Gasteiger partial charge in [0, 0.05) is 5.57 Å². The predicted molar refractivity (Wildman–Crippen MR) is 57.1 cm³/mol. The van der Waals surface area contributed by atoms with Crippen LogP contribution in [0, 0.1) is 29.6 Å². The molecule has 0 aromatic carbocycles. The van der Waals surface area contributed by atoms with Crippen molar-refractivity contribution in [3.8, 4) is 0 Å². The standard InChI is InChI=1S/C13H18O2/c1-7-3-8-4-10(7)12-6-9(5-11(8)12)13(14)15-2/h5,7-8,10-12H,3-4,6H2,1-2H3/t7-,8?,10?,11?,12?/m0/s1. The molecule has 2 fully saturated rings. The zero-order valence-electron chi connectivity index (χ0n) is 9.40. The highest BCUT2D eigenvalue weighted by Crippen LogP contribution is 2.59. The van der Waals surface area contributed by atoms with Gasteiger partial charge in [-0.1, -0.05) is 13.0 Å². The molecule has 15 heavy (non-hydrogen) atoms. The van der Waals surface area contributed by atoms with Crippen LogP contribution in [-0.4, -0.2) is 13.1 Å². The molecule has 0 N–H and O–H groups in total. The van der Waals surface area contributed by atoms with Crippen molar-refractivity contribution in [2.24, 2.45) is 29.6 Å². The summed E-state index contributed by atoms with van der Waals surface area (Å²) in [5.41, 5.74) is 0.941. The van der Waals surface area contributed by atoms with Gasteiger partial charge in [0.1, 0.15) is 0 Å². The number of carbonyl (C=O) groups is 1. The highest BCUT2D eigenvalue weighted by Gasteiger charge is 2.52. The second-order valence-corrected chi connectivity index (χ2v) is 5.50. The van der Waals surface area contributed by atoms with E-state index in [4.69, 9.17) is 4.74 Å². The molecule has 0 radical (unpaired) electrons. The molecule has 0 aliphatic heterocycles. The van der Waals surface area contributed by atoms with E-state index in [0.29, 0.717) is 5.92 Å². The normalized spacial score (nSPS) is 46.5. The van der Waals surface area contributed by atoms with Gasteiger partial charge in [0.25, 0.3) is 0 Å². The Bertz CT molecular complexity index is 331. The van der Waals surface area contributed by atoms with Gasteiger partial charge < -0.3 is 4.74 Å². The SMILES string of the molecule is COC(=O)C1=CC2C3CC(C2C1)[C@@H](C)C3. The van der Waals surface area contributed by atoms with Crippen LogP contribution in [0.2, 0.25) is 0 Å². The second kappa shape index (κ2) is 3.10. The number of carbonyl (C=O) groups excluding carboxylic acids is 1. The summed E-state index contributed by atoms with van der Waals surface area (Å²) in [6.45, 7) is 2.37. The van der Waals surface area contributed by atoms with Crippen LogP contribution in [0.4, 0.5) is 0 Å². The average Bonchev–Trinajstić information content (AvgIpc) is 2.84. The molecule has 0 amide bonds. The molecule has 2 nitrogen and oxygen atoms in total. The Kier molecular flexibility index (Phi) is 1.95. The lowest BCUT2D eigenvalue weighted by molar-refractivity contribution is -0.136. The summed E-state index contributed by atoms with van der Waals surface area (Å²) in [4.78, 5) is 11.5. The number of fused-ring (bicyclic) bond motifs is 5. The minimum Gasteiger partial charge on any atom is -0.466 e. The van der Waals surface area contributed by atoms with Crippen LogP contribution < -0.4 is 0 Å².